The lowest BCUT2D eigenvalue weighted by molar-refractivity contribution is -0.137. The Hall–Kier alpha value is -0.0900. The van der Waals surface area contributed by atoms with Crippen LogP contribution in [-0.2, 0) is 9.53 Å². The van der Waals surface area contributed by atoms with Crippen molar-refractivity contribution in [1.29, 1.82) is 0 Å². The van der Waals surface area contributed by atoms with Gasteiger partial charge in [0, 0.05) is 6.08 Å². The molecule has 2 nitrogen and oxygen atoms in total. The Balaban J connectivity index is 2.18. The van der Waals surface area contributed by atoms with Crippen molar-refractivity contribution in [3.8, 4) is 0 Å². The molecule has 0 radical (unpaired) electrons. The number of rotatable bonds is 3. The van der Waals surface area contributed by atoms with Gasteiger partial charge in [-0.05, 0) is 24.3 Å². The molecule has 0 atom stereocenters. The Kier molecular flexibility index (Phi) is 5.39. The van der Waals surface area contributed by atoms with Crippen molar-refractivity contribution in [1.82, 2.24) is 0 Å². The van der Waals surface area contributed by atoms with Crippen molar-refractivity contribution in [2.45, 2.75) is 17.4 Å². The van der Waals surface area contributed by atoms with Crippen molar-refractivity contribution >= 4 is 29.5 Å². The topological polar surface area (TPSA) is 26.3 Å². The van der Waals surface area contributed by atoms with Crippen LogP contribution in [0.3, 0.4) is 0 Å². The third-order valence-electron chi connectivity index (χ3n) is 1.67. The maximum absolute atomic E-state index is 10.8. The van der Waals surface area contributed by atoms with Crippen molar-refractivity contribution < 1.29 is 9.53 Å². The molecule has 0 aliphatic carbocycles. The summed E-state index contributed by atoms with van der Waals surface area (Å²) in [6.07, 6.45) is 3.78. The Bertz CT molecular complexity index is 174. The third kappa shape index (κ3) is 4.62. The zero-order valence-corrected chi connectivity index (χ0v) is 9.16. The van der Waals surface area contributed by atoms with Crippen molar-refractivity contribution in [2.75, 3.05) is 18.1 Å². The molecular weight excluding hydrogens is 204 g/mol. The van der Waals surface area contributed by atoms with E-state index in [0.717, 1.165) is 0 Å². The molecule has 0 spiro atoms. The first-order valence-corrected chi connectivity index (χ1v) is 6.45. The summed E-state index contributed by atoms with van der Waals surface area (Å²) in [7, 11) is 0. The van der Waals surface area contributed by atoms with E-state index >= 15 is 0 Å². The first kappa shape index (κ1) is 11.0. The van der Waals surface area contributed by atoms with Gasteiger partial charge in [0.25, 0.3) is 0 Å². The lowest BCUT2D eigenvalue weighted by Gasteiger charge is -2.12. The SMILES string of the molecule is C=CC(=O)OCC1SCCCCS1. The fraction of sp³-hybridized carbons (Fsp3) is 0.667. The fourth-order valence-corrected chi connectivity index (χ4v) is 3.55. The number of carbonyl (C=O) groups is 1. The molecule has 1 aliphatic rings. The van der Waals surface area contributed by atoms with Gasteiger partial charge in [0.1, 0.15) is 6.61 Å². The van der Waals surface area contributed by atoms with Crippen LogP contribution in [0, 0.1) is 0 Å². The zero-order valence-electron chi connectivity index (χ0n) is 7.53. The van der Waals surface area contributed by atoms with Crippen LogP contribution >= 0.6 is 23.5 Å². The molecule has 1 rings (SSSR count). The minimum atomic E-state index is -0.314. The minimum Gasteiger partial charge on any atom is -0.460 e. The van der Waals surface area contributed by atoms with E-state index in [1.165, 1.54) is 30.4 Å². The van der Waals surface area contributed by atoms with Crippen LogP contribution < -0.4 is 0 Å². The van der Waals surface area contributed by atoms with Gasteiger partial charge in [-0.2, -0.15) is 0 Å². The van der Waals surface area contributed by atoms with E-state index in [9.17, 15) is 4.79 Å². The molecule has 0 amide bonds. The smallest absolute Gasteiger partial charge is 0.330 e. The van der Waals surface area contributed by atoms with Crippen molar-refractivity contribution in [3.63, 3.8) is 0 Å². The van der Waals surface area contributed by atoms with Gasteiger partial charge in [-0.25, -0.2) is 4.79 Å². The Morgan fingerprint density at radius 2 is 2.08 bits per heavy atom. The van der Waals surface area contributed by atoms with Crippen LogP contribution in [0.25, 0.3) is 0 Å². The van der Waals surface area contributed by atoms with Gasteiger partial charge in [-0.15, -0.1) is 23.5 Å². The molecule has 1 heterocycles. The fourth-order valence-electron chi connectivity index (χ4n) is 0.987. The number of carbonyl (C=O) groups excluding carboxylic acids is 1. The highest BCUT2D eigenvalue weighted by atomic mass is 32.2. The predicted molar refractivity (Wildman–Crippen MR) is 59.1 cm³/mol. The average molecular weight is 218 g/mol. The number of hydrogen-bond donors (Lipinski definition) is 0. The highest BCUT2D eigenvalue weighted by molar-refractivity contribution is 8.17. The quantitative estimate of drug-likeness (QED) is 0.536. The van der Waals surface area contributed by atoms with E-state index < -0.39 is 0 Å². The highest BCUT2D eigenvalue weighted by Gasteiger charge is 2.14. The van der Waals surface area contributed by atoms with E-state index in [4.69, 9.17) is 4.74 Å². The maximum Gasteiger partial charge on any atom is 0.330 e. The first-order chi connectivity index (χ1) is 6.33. The number of hydrogen-bond acceptors (Lipinski definition) is 4. The Labute approximate surface area is 87.5 Å². The molecule has 13 heavy (non-hydrogen) atoms. The molecule has 0 aromatic carbocycles. The van der Waals surface area contributed by atoms with Crippen LogP contribution in [0.2, 0.25) is 0 Å². The number of thioether (sulfide) groups is 2. The molecule has 1 fully saturated rings. The first-order valence-electron chi connectivity index (χ1n) is 4.35. The second kappa shape index (κ2) is 6.38. The highest BCUT2D eigenvalue weighted by Crippen LogP contribution is 2.29. The second-order valence-corrected chi connectivity index (χ2v) is 5.63. The van der Waals surface area contributed by atoms with Gasteiger partial charge < -0.3 is 4.74 Å². The van der Waals surface area contributed by atoms with Crippen LogP contribution in [0.5, 0.6) is 0 Å². The summed E-state index contributed by atoms with van der Waals surface area (Å²) in [5.74, 6) is 2.05. The lowest BCUT2D eigenvalue weighted by Crippen LogP contribution is -2.11. The average Bonchev–Trinajstić information content (AvgIpc) is 2.42. The van der Waals surface area contributed by atoms with Crippen molar-refractivity contribution in [3.05, 3.63) is 12.7 Å². The Morgan fingerprint density at radius 3 is 2.62 bits per heavy atom. The maximum atomic E-state index is 10.8. The molecule has 0 N–H and O–H groups in total. The number of ether oxygens (including phenoxy) is 1. The summed E-state index contributed by atoms with van der Waals surface area (Å²) in [6.45, 7) is 3.87. The minimum absolute atomic E-state index is 0.314. The zero-order chi connectivity index (χ0) is 9.52. The van der Waals surface area contributed by atoms with E-state index in [0.29, 0.717) is 11.2 Å². The molecule has 74 valence electrons. The monoisotopic (exact) mass is 218 g/mol. The summed E-state index contributed by atoms with van der Waals surface area (Å²) >= 11 is 3.78. The molecule has 0 saturated carbocycles. The third-order valence-corrected chi connectivity index (χ3v) is 4.56. The van der Waals surface area contributed by atoms with Crippen LogP contribution in [-0.4, -0.2) is 28.7 Å². The second-order valence-electron chi connectivity index (χ2n) is 2.71. The summed E-state index contributed by atoms with van der Waals surface area (Å²) < 4.78 is 5.41. The van der Waals surface area contributed by atoms with E-state index in [-0.39, 0.29) is 5.97 Å². The molecule has 0 unspecified atom stereocenters. The molecule has 1 aliphatic heterocycles. The van der Waals surface area contributed by atoms with Crippen LogP contribution in [0.4, 0.5) is 0 Å². The molecule has 0 bridgehead atoms. The molecule has 0 aromatic rings. The van der Waals surface area contributed by atoms with Gasteiger partial charge in [0.05, 0.1) is 4.58 Å². The standard InChI is InChI=1S/C9H14O2S2/c1-2-8(10)11-7-9-12-5-3-4-6-13-9/h2,9H,1,3-7H2. The van der Waals surface area contributed by atoms with Crippen molar-refractivity contribution in [2.24, 2.45) is 0 Å². The van der Waals surface area contributed by atoms with E-state index in [1.807, 2.05) is 23.5 Å². The molecular formula is C9H14O2S2. The molecule has 1 saturated heterocycles. The molecule has 4 heteroatoms. The van der Waals surface area contributed by atoms with Gasteiger partial charge in [0.15, 0.2) is 0 Å². The summed E-state index contributed by atoms with van der Waals surface area (Å²) in [5.41, 5.74) is 0. The summed E-state index contributed by atoms with van der Waals surface area (Å²) in [6, 6.07) is 0. The van der Waals surface area contributed by atoms with Gasteiger partial charge in [-0.1, -0.05) is 6.58 Å². The summed E-state index contributed by atoms with van der Waals surface area (Å²) in [4.78, 5) is 10.8. The van der Waals surface area contributed by atoms with Gasteiger partial charge in [0.2, 0.25) is 0 Å². The Morgan fingerprint density at radius 1 is 1.46 bits per heavy atom. The normalized spacial score (nSPS) is 19.1. The van der Waals surface area contributed by atoms with Crippen LogP contribution in [0.15, 0.2) is 12.7 Å². The lowest BCUT2D eigenvalue weighted by atomic mass is 10.4. The van der Waals surface area contributed by atoms with E-state index in [1.54, 1.807) is 0 Å². The van der Waals surface area contributed by atoms with Crippen LogP contribution in [0.1, 0.15) is 12.8 Å². The largest absolute Gasteiger partial charge is 0.460 e. The molecule has 0 aromatic heterocycles. The van der Waals surface area contributed by atoms with Gasteiger partial charge >= 0.3 is 5.97 Å². The predicted octanol–water partition coefficient (Wildman–Crippen LogP) is 2.30. The van der Waals surface area contributed by atoms with E-state index in [2.05, 4.69) is 6.58 Å². The van der Waals surface area contributed by atoms with Gasteiger partial charge in [-0.3, -0.25) is 0 Å². The summed E-state index contributed by atoms with van der Waals surface area (Å²) in [5, 5.41) is 0. The number of esters is 1.